The molecule has 0 radical (unpaired) electrons. The smallest absolute Gasteiger partial charge is 0.364 e. The molecule has 1 heterocycles. The number of nitrogens with zero attached hydrogens (tertiary/aromatic N) is 3. The minimum atomic E-state index is -0.940. The van der Waals surface area contributed by atoms with Crippen molar-refractivity contribution in [3.05, 3.63) is 70.6 Å². The molecule has 3 aromatic rings. The van der Waals surface area contributed by atoms with Crippen molar-refractivity contribution in [1.82, 2.24) is 14.8 Å². The van der Waals surface area contributed by atoms with Crippen molar-refractivity contribution in [3.63, 3.8) is 0 Å². The number of rotatable bonds is 8. The van der Waals surface area contributed by atoms with Crippen LogP contribution in [0.4, 0.5) is 0 Å². The van der Waals surface area contributed by atoms with Crippen LogP contribution in [0.25, 0.3) is 22.5 Å². The number of hydrogen-bond acceptors (Lipinski definition) is 5. The Morgan fingerprint density at radius 2 is 1.61 bits per heavy atom. The lowest BCUT2D eigenvalue weighted by Crippen LogP contribution is -2.31. The Morgan fingerprint density at radius 3 is 2.27 bits per heavy atom. The minimum absolute atomic E-state index is 0.250. The fraction of sp³-hybridized carbons (Fsp3) is 0.385. The summed E-state index contributed by atoms with van der Waals surface area (Å²) in [5.41, 5.74) is 3.92. The summed E-state index contributed by atoms with van der Waals surface area (Å²) in [6.45, 7) is 2.79. The maximum atomic E-state index is 12.9. The van der Waals surface area contributed by atoms with Gasteiger partial charge in [-0.1, -0.05) is 60.2 Å². The topological polar surface area (TPSA) is 94.3 Å². The van der Waals surface area contributed by atoms with Gasteiger partial charge in [0.15, 0.2) is 0 Å². The van der Waals surface area contributed by atoms with Crippen molar-refractivity contribution in [3.8, 4) is 22.5 Å². The van der Waals surface area contributed by atoms with Crippen molar-refractivity contribution in [2.75, 3.05) is 13.2 Å². The Balaban J connectivity index is 1.54. The summed E-state index contributed by atoms with van der Waals surface area (Å²) in [5.74, 6) is -0.238. The van der Waals surface area contributed by atoms with Crippen LogP contribution in [0.1, 0.15) is 31.2 Å². The molecule has 1 aromatic heterocycles. The van der Waals surface area contributed by atoms with E-state index in [0.717, 1.165) is 42.4 Å². The van der Waals surface area contributed by atoms with Gasteiger partial charge in [-0.2, -0.15) is 10.1 Å². The molecule has 1 saturated carbocycles. The lowest BCUT2D eigenvalue weighted by Gasteiger charge is -2.28. The molecule has 1 fully saturated rings. The minimum Gasteiger partial charge on any atom is -0.480 e. The number of benzene rings is 2. The average molecular weight is 448 g/mol. The summed E-state index contributed by atoms with van der Waals surface area (Å²) >= 11 is 0. The number of aromatic nitrogens is 3. The van der Waals surface area contributed by atoms with Crippen molar-refractivity contribution < 1.29 is 14.6 Å². The average Bonchev–Trinajstić information content (AvgIpc) is 2.82. The van der Waals surface area contributed by atoms with Crippen molar-refractivity contribution in [1.29, 1.82) is 0 Å². The predicted octanol–water partition coefficient (Wildman–Crippen LogP) is 4.19. The van der Waals surface area contributed by atoms with Crippen LogP contribution in [0.15, 0.2) is 59.4 Å². The van der Waals surface area contributed by atoms with Gasteiger partial charge in [-0.3, -0.25) is 0 Å². The third-order valence-electron chi connectivity index (χ3n) is 6.22. The number of aliphatic carboxylic acids is 1. The Hall–Kier alpha value is -3.32. The largest absolute Gasteiger partial charge is 0.480 e. The van der Waals surface area contributed by atoms with Crippen LogP contribution in [0.5, 0.6) is 0 Å². The summed E-state index contributed by atoms with van der Waals surface area (Å²) in [4.78, 5) is 28.0. The molecule has 0 spiro atoms. The Labute approximate surface area is 193 Å². The number of carboxylic acids is 1. The van der Waals surface area contributed by atoms with Crippen LogP contribution in [0.3, 0.4) is 0 Å². The predicted molar refractivity (Wildman–Crippen MR) is 126 cm³/mol. The molecule has 0 amide bonds. The van der Waals surface area contributed by atoms with E-state index in [1.807, 2.05) is 61.5 Å². The zero-order chi connectivity index (χ0) is 23.2. The van der Waals surface area contributed by atoms with E-state index in [-0.39, 0.29) is 12.3 Å². The van der Waals surface area contributed by atoms with Crippen LogP contribution in [-0.2, 0) is 16.1 Å². The Kier molecular flexibility index (Phi) is 7.29. The molecule has 0 bridgehead atoms. The number of aryl methyl sites for hydroxylation is 1. The van der Waals surface area contributed by atoms with E-state index in [9.17, 15) is 9.59 Å². The first kappa shape index (κ1) is 22.9. The maximum absolute atomic E-state index is 12.9. The summed E-state index contributed by atoms with van der Waals surface area (Å²) in [6.07, 6.45) is 3.82. The van der Waals surface area contributed by atoms with Crippen molar-refractivity contribution in [2.45, 2.75) is 39.2 Å². The molecule has 0 unspecified atom stereocenters. The van der Waals surface area contributed by atoms with E-state index in [0.29, 0.717) is 36.4 Å². The molecule has 7 nitrogen and oxygen atoms in total. The van der Waals surface area contributed by atoms with Crippen LogP contribution in [-0.4, -0.2) is 39.1 Å². The number of carbonyl (C=O) groups is 1. The summed E-state index contributed by atoms with van der Waals surface area (Å²) < 4.78 is 6.77. The lowest BCUT2D eigenvalue weighted by molar-refractivity contribution is -0.142. The van der Waals surface area contributed by atoms with Gasteiger partial charge in [0.1, 0.15) is 18.0 Å². The molecule has 1 aliphatic rings. The molecule has 0 aliphatic heterocycles. The summed E-state index contributed by atoms with van der Waals surface area (Å²) in [6, 6.07) is 17.8. The first-order valence-electron chi connectivity index (χ1n) is 11.4. The molecule has 4 rings (SSSR count). The van der Waals surface area contributed by atoms with Crippen molar-refractivity contribution >= 4 is 5.97 Å². The van der Waals surface area contributed by atoms with Gasteiger partial charge in [0, 0.05) is 17.7 Å². The van der Waals surface area contributed by atoms with Crippen molar-refractivity contribution in [2.24, 2.45) is 11.8 Å². The highest BCUT2D eigenvalue weighted by Crippen LogP contribution is 2.31. The summed E-state index contributed by atoms with van der Waals surface area (Å²) in [5, 5.41) is 13.5. The van der Waals surface area contributed by atoms with E-state index >= 15 is 0 Å². The lowest BCUT2D eigenvalue weighted by atomic mass is 9.82. The van der Waals surface area contributed by atoms with Gasteiger partial charge in [0.05, 0.1) is 6.61 Å². The standard InChI is InChI=1S/C26H29N3O4/c1-18-7-13-22(14-8-18)25-24(21-5-3-2-4-6-21)27-26(32)29(28-25)15-19-9-11-20(12-10-19)16-33-17-23(30)31/h2-8,13-14,19-20H,9-12,15-17H2,1H3,(H,30,31)/t19-,20-. The molecule has 7 heteroatoms. The van der Waals surface area contributed by atoms with Gasteiger partial charge in [-0.05, 0) is 44.4 Å². The zero-order valence-electron chi connectivity index (χ0n) is 18.8. The first-order valence-corrected chi connectivity index (χ1v) is 11.4. The molecule has 0 saturated heterocycles. The summed E-state index contributed by atoms with van der Waals surface area (Å²) in [7, 11) is 0. The zero-order valence-corrected chi connectivity index (χ0v) is 18.8. The van der Waals surface area contributed by atoms with Gasteiger partial charge >= 0.3 is 11.7 Å². The second-order valence-corrected chi connectivity index (χ2v) is 8.80. The Bertz CT molecular complexity index is 1130. The van der Waals surface area contributed by atoms with Gasteiger partial charge < -0.3 is 9.84 Å². The third-order valence-corrected chi connectivity index (χ3v) is 6.22. The van der Waals surface area contributed by atoms with Crippen LogP contribution in [0.2, 0.25) is 0 Å². The van der Waals surface area contributed by atoms with E-state index in [1.54, 1.807) is 0 Å². The van der Waals surface area contributed by atoms with Gasteiger partial charge in [-0.15, -0.1) is 0 Å². The number of carboxylic acid groups (broad SMARTS) is 1. The molecular weight excluding hydrogens is 418 g/mol. The third kappa shape index (κ3) is 5.93. The Morgan fingerprint density at radius 1 is 0.970 bits per heavy atom. The highest BCUT2D eigenvalue weighted by atomic mass is 16.5. The van der Waals surface area contributed by atoms with E-state index in [2.05, 4.69) is 4.98 Å². The first-order chi connectivity index (χ1) is 16.0. The van der Waals surface area contributed by atoms with Gasteiger partial charge in [-0.25, -0.2) is 14.3 Å². The molecule has 1 aliphatic carbocycles. The fourth-order valence-electron chi connectivity index (χ4n) is 4.38. The van der Waals surface area contributed by atoms with Gasteiger partial charge in [0.2, 0.25) is 0 Å². The number of hydrogen-bond donors (Lipinski definition) is 1. The second-order valence-electron chi connectivity index (χ2n) is 8.80. The molecule has 1 N–H and O–H groups in total. The SMILES string of the molecule is Cc1ccc(-c2nn(C[C@H]3CC[C@H](COCC(=O)O)CC3)c(=O)nc2-c2ccccc2)cc1. The molecule has 0 atom stereocenters. The highest BCUT2D eigenvalue weighted by molar-refractivity contribution is 5.77. The number of ether oxygens (including phenoxy) is 1. The maximum Gasteiger partial charge on any atom is 0.364 e. The molecule has 33 heavy (non-hydrogen) atoms. The van der Waals surface area contributed by atoms with E-state index in [1.165, 1.54) is 4.68 Å². The molecule has 2 aromatic carbocycles. The monoisotopic (exact) mass is 447 g/mol. The van der Waals surface area contributed by atoms with E-state index < -0.39 is 5.97 Å². The quantitative estimate of drug-likeness (QED) is 0.556. The van der Waals surface area contributed by atoms with E-state index in [4.69, 9.17) is 14.9 Å². The fourth-order valence-corrected chi connectivity index (χ4v) is 4.38. The highest BCUT2D eigenvalue weighted by Gasteiger charge is 2.23. The normalized spacial score (nSPS) is 18.2. The van der Waals surface area contributed by atoms with Crippen LogP contribution in [0, 0.1) is 18.8 Å². The molecular formula is C26H29N3O4. The van der Waals surface area contributed by atoms with Crippen LogP contribution >= 0.6 is 0 Å². The second kappa shape index (κ2) is 10.5. The van der Waals surface area contributed by atoms with Crippen LogP contribution < -0.4 is 5.69 Å². The van der Waals surface area contributed by atoms with Gasteiger partial charge in [0.25, 0.3) is 0 Å². The molecule has 172 valence electrons.